The zero-order valence-electron chi connectivity index (χ0n) is 20.6. The molecule has 0 fully saturated rings. The van der Waals surface area contributed by atoms with E-state index in [1.807, 2.05) is 50.2 Å². The monoisotopic (exact) mass is 502 g/mol. The molecular formula is C28H27ClN4O3. The molecule has 184 valence electrons. The molecule has 0 saturated carbocycles. The maximum Gasteiger partial charge on any atom is 0.342 e. The number of halogens is 1. The highest BCUT2D eigenvalue weighted by Crippen LogP contribution is 2.40. The number of hydrogen-bond acceptors (Lipinski definition) is 4. The van der Waals surface area contributed by atoms with Crippen molar-refractivity contribution in [2.75, 3.05) is 6.54 Å². The quantitative estimate of drug-likeness (QED) is 0.361. The van der Waals surface area contributed by atoms with E-state index in [2.05, 4.69) is 23.9 Å². The number of esters is 1. The first-order valence-electron chi connectivity index (χ1n) is 11.8. The summed E-state index contributed by atoms with van der Waals surface area (Å²) < 4.78 is 7.22. The maximum atomic E-state index is 13.7. The molecule has 5 rings (SSSR count). The number of nitrogens with zero attached hydrogens (tertiary/aromatic N) is 3. The van der Waals surface area contributed by atoms with Gasteiger partial charge in [0.15, 0.2) is 0 Å². The van der Waals surface area contributed by atoms with Crippen LogP contribution < -0.4 is 0 Å². The molecule has 0 saturated heterocycles. The van der Waals surface area contributed by atoms with Crippen molar-refractivity contribution in [3.63, 3.8) is 0 Å². The third-order valence-corrected chi connectivity index (χ3v) is 6.45. The van der Waals surface area contributed by atoms with Crippen LogP contribution in [0.1, 0.15) is 49.3 Å². The summed E-state index contributed by atoms with van der Waals surface area (Å²) in [6.45, 7) is 8.17. The predicted molar refractivity (Wildman–Crippen MR) is 140 cm³/mol. The first-order chi connectivity index (χ1) is 17.1. The Kier molecular flexibility index (Phi) is 5.96. The summed E-state index contributed by atoms with van der Waals surface area (Å²) in [5, 5.41) is 5.76. The van der Waals surface area contributed by atoms with Crippen molar-refractivity contribution in [3.8, 4) is 5.69 Å². The Balaban J connectivity index is 1.57. The fourth-order valence-corrected chi connectivity index (χ4v) is 4.88. The normalized spacial score (nSPS) is 14.9. The van der Waals surface area contributed by atoms with Gasteiger partial charge in [0.1, 0.15) is 0 Å². The van der Waals surface area contributed by atoms with Gasteiger partial charge in [0.2, 0.25) is 0 Å². The number of carbonyl (C=O) groups excluding carboxylic acids is 2. The van der Waals surface area contributed by atoms with Crippen LogP contribution >= 0.6 is 11.6 Å². The SMILES string of the molecule is CC(C)OC(=O)C1=CN(C(=O)c2ccc(-n3cc(Cl)cn3)cc2)CC(C)(C)c2c1[nH]c1ccccc21. The van der Waals surface area contributed by atoms with Crippen LogP contribution in [0.2, 0.25) is 5.02 Å². The van der Waals surface area contributed by atoms with Gasteiger partial charge in [-0.15, -0.1) is 0 Å². The van der Waals surface area contributed by atoms with Crippen LogP contribution in [0, 0.1) is 0 Å². The number of H-pyrrole nitrogens is 1. The van der Waals surface area contributed by atoms with Crippen molar-refractivity contribution in [2.24, 2.45) is 0 Å². The molecule has 0 atom stereocenters. The minimum atomic E-state index is -0.473. The van der Waals surface area contributed by atoms with Crippen LogP contribution in [0.5, 0.6) is 0 Å². The number of hydrogen-bond donors (Lipinski definition) is 1. The van der Waals surface area contributed by atoms with E-state index in [1.54, 1.807) is 40.3 Å². The zero-order chi connectivity index (χ0) is 25.6. The van der Waals surface area contributed by atoms with Gasteiger partial charge in [0, 0.05) is 40.8 Å². The number of carbonyl (C=O) groups is 2. The van der Waals surface area contributed by atoms with Crippen LogP contribution in [0.15, 0.2) is 67.1 Å². The lowest BCUT2D eigenvalue weighted by atomic mass is 9.81. The highest BCUT2D eigenvalue weighted by atomic mass is 35.5. The second-order valence-electron chi connectivity index (χ2n) is 9.88. The highest BCUT2D eigenvalue weighted by Gasteiger charge is 2.37. The Morgan fingerprint density at radius 2 is 1.83 bits per heavy atom. The van der Waals surface area contributed by atoms with Gasteiger partial charge in [-0.2, -0.15) is 5.10 Å². The fourth-order valence-electron chi connectivity index (χ4n) is 4.75. The number of fused-ring (bicyclic) bond motifs is 3. The summed E-state index contributed by atoms with van der Waals surface area (Å²) in [4.78, 5) is 32.0. The van der Waals surface area contributed by atoms with E-state index >= 15 is 0 Å². The third-order valence-electron chi connectivity index (χ3n) is 6.26. The Bertz CT molecular complexity index is 1490. The molecule has 3 heterocycles. The molecule has 4 aromatic rings. The molecule has 0 unspecified atom stereocenters. The first-order valence-corrected chi connectivity index (χ1v) is 12.2. The summed E-state index contributed by atoms with van der Waals surface area (Å²) in [7, 11) is 0. The number of benzene rings is 2. The molecule has 8 heteroatoms. The topological polar surface area (TPSA) is 80.2 Å². The van der Waals surface area contributed by atoms with Gasteiger partial charge in [-0.1, -0.05) is 43.6 Å². The van der Waals surface area contributed by atoms with E-state index in [0.717, 1.165) is 22.2 Å². The van der Waals surface area contributed by atoms with Crippen molar-refractivity contribution in [1.82, 2.24) is 19.7 Å². The Hall–Kier alpha value is -3.84. The van der Waals surface area contributed by atoms with Crippen LogP contribution in [-0.2, 0) is 14.9 Å². The number of amides is 1. The lowest BCUT2D eigenvalue weighted by molar-refractivity contribution is -0.140. The van der Waals surface area contributed by atoms with Gasteiger partial charge >= 0.3 is 5.97 Å². The van der Waals surface area contributed by atoms with Gasteiger partial charge in [-0.3, -0.25) is 4.79 Å². The van der Waals surface area contributed by atoms with Crippen LogP contribution in [0.3, 0.4) is 0 Å². The summed E-state index contributed by atoms with van der Waals surface area (Å²) in [6, 6.07) is 15.1. The van der Waals surface area contributed by atoms with Crippen molar-refractivity contribution >= 4 is 40.0 Å². The average molecular weight is 503 g/mol. The van der Waals surface area contributed by atoms with Crippen molar-refractivity contribution in [1.29, 1.82) is 0 Å². The van der Waals surface area contributed by atoms with E-state index in [0.29, 0.717) is 28.4 Å². The molecule has 1 aliphatic rings. The summed E-state index contributed by atoms with van der Waals surface area (Å²) >= 11 is 5.98. The van der Waals surface area contributed by atoms with Gasteiger partial charge in [-0.05, 0) is 49.7 Å². The molecule has 1 N–H and O–H groups in total. The third kappa shape index (κ3) is 4.31. The first kappa shape index (κ1) is 23.9. The van der Waals surface area contributed by atoms with E-state index in [4.69, 9.17) is 16.3 Å². The zero-order valence-corrected chi connectivity index (χ0v) is 21.3. The minimum absolute atomic E-state index is 0.211. The lowest BCUT2D eigenvalue weighted by Gasteiger charge is -2.29. The number of aromatic amines is 1. The number of aromatic nitrogens is 3. The Labute approximate surface area is 214 Å². The van der Waals surface area contributed by atoms with Crippen LogP contribution in [0.4, 0.5) is 0 Å². The van der Waals surface area contributed by atoms with Crippen LogP contribution in [0.25, 0.3) is 22.2 Å². The van der Waals surface area contributed by atoms with E-state index in [1.165, 1.54) is 0 Å². The Morgan fingerprint density at radius 1 is 1.11 bits per heavy atom. The molecule has 1 amide bonds. The molecule has 2 aromatic carbocycles. The van der Waals surface area contributed by atoms with E-state index in [9.17, 15) is 9.59 Å². The largest absolute Gasteiger partial charge is 0.459 e. The second kappa shape index (κ2) is 8.99. The molecule has 0 spiro atoms. The summed E-state index contributed by atoms with van der Waals surface area (Å²) in [5.41, 5.74) is 3.78. The van der Waals surface area contributed by atoms with Gasteiger partial charge in [0.25, 0.3) is 5.91 Å². The minimum Gasteiger partial charge on any atom is -0.459 e. The van der Waals surface area contributed by atoms with Crippen molar-refractivity contribution in [3.05, 3.63) is 89.0 Å². The van der Waals surface area contributed by atoms with Crippen molar-refractivity contribution in [2.45, 2.75) is 39.2 Å². The van der Waals surface area contributed by atoms with Crippen LogP contribution in [-0.4, -0.2) is 44.2 Å². The average Bonchev–Trinajstić information content (AvgIpc) is 3.42. The number of nitrogens with one attached hydrogen (secondary N) is 1. The summed E-state index contributed by atoms with van der Waals surface area (Å²) in [6.07, 6.45) is 4.58. The van der Waals surface area contributed by atoms with E-state index in [-0.39, 0.29) is 12.0 Å². The molecule has 2 aromatic heterocycles. The number of rotatable bonds is 4. The van der Waals surface area contributed by atoms with Gasteiger partial charge in [0.05, 0.1) is 34.3 Å². The predicted octanol–water partition coefficient (Wildman–Crippen LogP) is 5.73. The molecule has 7 nitrogen and oxygen atoms in total. The van der Waals surface area contributed by atoms with Gasteiger partial charge in [-0.25, -0.2) is 9.48 Å². The molecule has 0 bridgehead atoms. The lowest BCUT2D eigenvalue weighted by Crippen LogP contribution is -2.37. The molecule has 36 heavy (non-hydrogen) atoms. The number of ether oxygens (including phenoxy) is 1. The molecular weight excluding hydrogens is 476 g/mol. The second-order valence-corrected chi connectivity index (χ2v) is 10.3. The molecule has 1 aliphatic heterocycles. The molecule has 0 radical (unpaired) electrons. The van der Waals surface area contributed by atoms with E-state index < -0.39 is 11.4 Å². The molecule has 0 aliphatic carbocycles. The summed E-state index contributed by atoms with van der Waals surface area (Å²) in [5.74, 6) is -0.684. The Morgan fingerprint density at radius 3 is 2.50 bits per heavy atom. The standard InChI is InChI=1S/C28H27ClN4O3/c1-17(2)36-27(35)22-15-32(16-28(3,4)24-21-7-5-6-8-23(21)31-25(22)24)26(34)18-9-11-20(12-10-18)33-14-19(29)13-30-33/h5-15,17,31H,16H2,1-4H3. The fraction of sp³-hybridized carbons (Fsp3) is 0.250. The van der Waals surface area contributed by atoms with Gasteiger partial charge < -0.3 is 14.6 Å². The number of para-hydroxylation sites is 1. The highest BCUT2D eigenvalue weighted by molar-refractivity contribution is 6.30. The smallest absolute Gasteiger partial charge is 0.342 e. The van der Waals surface area contributed by atoms with Crippen molar-refractivity contribution < 1.29 is 14.3 Å². The maximum absolute atomic E-state index is 13.7.